The highest BCUT2D eigenvalue weighted by molar-refractivity contribution is 5.98. The van der Waals surface area contributed by atoms with Crippen LogP contribution in [0.2, 0.25) is 0 Å². The first-order valence-electron chi connectivity index (χ1n) is 8.08. The van der Waals surface area contributed by atoms with Gasteiger partial charge in [-0.3, -0.25) is 9.59 Å². The Labute approximate surface area is 141 Å². The predicted octanol–water partition coefficient (Wildman–Crippen LogP) is 4.26. The molecule has 0 aliphatic rings. The molecule has 2 aromatic carbocycles. The fourth-order valence-corrected chi connectivity index (χ4v) is 2.42. The lowest BCUT2D eigenvalue weighted by Gasteiger charge is -2.16. The molecule has 0 atom stereocenters. The van der Waals surface area contributed by atoms with Crippen molar-refractivity contribution in [3.8, 4) is 17.2 Å². The summed E-state index contributed by atoms with van der Waals surface area (Å²) in [5.74, 6) is 0.289. The molecule has 0 radical (unpaired) electrons. The molecule has 0 heterocycles. The summed E-state index contributed by atoms with van der Waals surface area (Å²) in [6.45, 7) is 5.30. The molecule has 0 spiro atoms. The van der Waals surface area contributed by atoms with Crippen LogP contribution < -0.4 is 14.2 Å². The highest BCUT2D eigenvalue weighted by atomic mass is 16.6. The van der Waals surface area contributed by atoms with Crippen molar-refractivity contribution in [3.63, 3.8) is 0 Å². The lowest BCUT2D eigenvalue weighted by atomic mass is 10.1. The number of hydrogen-bond donors (Lipinski definition) is 0. The highest BCUT2D eigenvalue weighted by Crippen LogP contribution is 2.42. The van der Waals surface area contributed by atoms with Crippen LogP contribution in [-0.2, 0) is 9.59 Å². The summed E-state index contributed by atoms with van der Waals surface area (Å²) in [4.78, 5) is 22.9. The van der Waals surface area contributed by atoms with Gasteiger partial charge in [-0.05, 0) is 6.42 Å². The van der Waals surface area contributed by atoms with E-state index in [0.717, 1.165) is 19.3 Å². The van der Waals surface area contributed by atoms with E-state index in [9.17, 15) is 9.59 Å². The molecule has 0 aliphatic carbocycles. The maximum absolute atomic E-state index is 11.5. The van der Waals surface area contributed by atoms with E-state index in [1.165, 1.54) is 13.8 Å². The van der Waals surface area contributed by atoms with E-state index in [1.807, 2.05) is 18.2 Å². The summed E-state index contributed by atoms with van der Waals surface area (Å²) in [6, 6.07) is 8.87. The molecule has 0 aromatic heterocycles. The number of hydrogen-bond acceptors (Lipinski definition) is 5. The van der Waals surface area contributed by atoms with Crippen molar-refractivity contribution >= 4 is 22.7 Å². The maximum Gasteiger partial charge on any atom is 0.308 e. The number of esters is 2. The Morgan fingerprint density at radius 1 is 0.917 bits per heavy atom. The predicted molar refractivity (Wildman–Crippen MR) is 91.6 cm³/mol. The second kappa shape index (κ2) is 8.34. The van der Waals surface area contributed by atoms with Gasteiger partial charge in [-0.1, -0.05) is 44.0 Å². The van der Waals surface area contributed by atoms with Gasteiger partial charge in [-0.15, -0.1) is 0 Å². The molecule has 0 amide bonds. The summed E-state index contributed by atoms with van der Waals surface area (Å²) < 4.78 is 16.5. The Bertz CT molecular complexity index is 736. The van der Waals surface area contributed by atoms with Crippen molar-refractivity contribution < 1.29 is 23.8 Å². The molecule has 0 bridgehead atoms. The molecule has 24 heavy (non-hydrogen) atoms. The lowest BCUT2D eigenvalue weighted by Crippen LogP contribution is -2.08. The zero-order valence-electron chi connectivity index (χ0n) is 14.3. The van der Waals surface area contributed by atoms with E-state index in [2.05, 4.69) is 6.92 Å². The first kappa shape index (κ1) is 17.8. The fraction of sp³-hybridized carbons (Fsp3) is 0.368. The summed E-state index contributed by atoms with van der Waals surface area (Å²) in [6.07, 6.45) is 3.02. The molecule has 5 heteroatoms. The van der Waals surface area contributed by atoms with Gasteiger partial charge in [0, 0.05) is 30.7 Å². The first-order valence-corrected chi connectivity index (χ1v) is 8.08. The molecule has 0 saturated carbocycles. The number of unbranched alkanes of at least 4 members (excludes halogenated alkanes) is 2. The Kier molecular flexibility index (Phi) is 6.18. The smallest absolute Gasteiger partial charge is 0.308 e. The second-order valence-corrected chi connectivity index (χ2v) is 5.49. The molecular weight excluding hydrogens is 308 g/mol. The fourth-order valence-electron chi connectivity index (χ4n) is 2.42. The van der Waals surface area contributed by atoms with Crippen LogP contribution in [0.15, 0.2) is 30.3 Å². The van der Waals surface area contributed by atoms with E-state index in [-0.39, 0.29) is 0 Å². The van der Waals surface area contributed by atoms with Crippen molar-refractivity contribution in [2.45, 2.75) is 40.0 Å². The molecular formula is C19H22O5. The molecule has 0 aliphatic heterocycles. The van der Waals surface area contributed by atoms with Crippen LogP contribution in [0, 0.1) is 0 Å². The van der Waals surface area contributed by atoms with Gasteiger partial charge in [0.1, 0.15) is 5.75 Å². The number of carbonyl (C=O) groups is 2. The van der Waals surface area contributed by atoms with Crippen LogP contribution in [0.1, 0.15) is 40.0 Å². The number of rotatable bonds is 7. The minimum Gasteiger partial charge on any atom is -0.490 e. The third-order valence-corrected chi connectivity index (χ3v) is 3.43. The number of benzene rings is 2. The summed E-state index contributed by atoms with van der Waals surface area (Å²) in [5, 5.41) is 1.35. The average molecular weight is 330 g/mol. The standard InChI is InChI=1S/C19H22O5/c1-4-5-8-11-22-18-12-17(23-13(2)20)15-9-6-7-10-16(15)19(18)24-14(3)21/h6-7,9-10,12H,4-5,8,11H2,1-3H3. The molecule has 0 unspecified atom stereocenters. The third kappa shape index (κ3) is 4.47. The van der Waals surface area contributed by atoms with Crippen LogP contribution >= 0.6 is 0 Å². The lowest BCUT2D eigenvalue weighted by molar-refractivity contribution is -0.133. The Morgan fingerprint density at radius 2 is 1.58 bits per heavy atom. The van der Waals surface area contributed by atoms with Crippen molar-refractivity contribution in [3.05, 3.63) is 30.3 Å². The van der Waals surface area contributed by atoms with E-state index in [4.69, 9.17) is 14.2 Å². The molecule has 128 valence electrons. The van der Waals surface area contributed by atoms with Gasteiger partial charge in [0.25, 0.3) is 0 Å². The van der Waals surface area contributed by atoms with Crippen LogP contribution in [0.4, 0.5) is 0 Å². The van der Waals surface area contributed by atoms with Crippen molar-refractivity contribution in [1.82, 2.24) is 0 Å². The van der Waals surface area contributed by atoms with Gasteiger partial charge in [-0.25, -0.2) is 0 Å². The molecule has 0 fully saturated rings. The van der Waals surface area contributed by atoms with E-state index in [1.54, 1.807) is 12.1 Å². The van der Waals surface area contributed by atoms with Gasteiger partial charge in [0.05, 0.1) is 6.61 Å². The Hall–Kier alpha value is -2.56. The van der Waals surface area contributed by atoms with Crippen LogP contribution in [0.5, 0.6) is 17.2 Å². The number of ether oxygens (including phenoxy) is 3. The summed E-state index contributed by atoms with van der Waals surface area (Å²) >= 11 is 0. The average Bonchev–Trinajstić information content (AvgIpc) is 2.53. The minimum absolute atomic E-state index is 0.352. The second-order valence-electron chi connectivity index (χ2n) is 5.49. The SMILES string of the molecule is CCCCCOc1cc(OC(C)=O)c2ccccc2c1OC(C)=O. The topological polar surface area (TPSA) is 61.8 Å². The zero-order chi connectivity index (χ0) is 17.5. The maximum atomic E-state index is 11.5. The van der Waals surface area contributed by atoms with Crippen LogP contribution in [0.3, 0.4) is 0 Å². The largest absolute Gasteiger partial charge is 0.490 e. The highest BCUT2D eigenvalue weighted by Gasteiger charge is 2.18. The van der Waals surface area contributed by atoms with Crippen molar-refractivity contribution in [1.29, 1.82) is 0 Å². The Morgan fingerprint density at radius 3 is 2.21 bits per heavy atom. The van der Waals surface area contributed by atoms with Crippen LogP contribution in [-0.4, -0.2) is 18.5 Å². The normalized spacial score (nSPS) is 10.5. The van der Waals surface area contributed by atoms with Crippen molar-refractivity contribution in [2.75, 3.05) is 6.61 Å². The molecule has 2 aromatic rings. The molecule has 5 nitrogen and oxygen atoms in total. The number of fused-ring (bicyclic) bond motifs is 1. The Balaban J connectivity index is 2.50. The quantitative estimate of drug-likeness (QED) is 0.431. The number of carbonyl (C=O) groups excluding carboxylic acids is 2. The van der Waals surface area contributed by atoms with Gasteiger partial charge >= 0.3 is 11.9 Å². The van der Waals surface area contributed by atoms with Crippen molar-refractivity contribution in [2.24, 2.45) is 0 Å². The van der Waals surface area contributed by atoms with Gasteiger partial charge in [0.15, 0.2) is 11.5 Å². The van der Waals surface area contributed by atoms with Gasteiger partial charge < -0.3 is 14.2 Å². The molecule has 0 saturated heterocycles. The summed E-state index contributed by atoms with van der Waals surface area (Å²) in [7, 11) is 0. The minimum atomic E-state index is -0.432. The van der Waals surface area contributed by atoms with Crippen LogP contribution in [0.25, 0.3) is 10.8 Å². The van der Waals surface area contributed by atoms with Gasteiger partial charge in [-0.2, -0.15) is 0 Å². The molecule has 2 rings (SSSR count). The first-order chi connectivity index (χ1) is 11.5. The summed E-state index contributed by atoms with van der Waals surface area (Å²) in [5.41, 5.74) is 0. The monoisotopic (exact) mass is 330 g/mol. The molecule has 0 N–H and O–H groups in total. The van der Waals surface area contributed by atoms with Gasteiger partial charge in [0.2, 0.25) is 0 Å². The zero-order valence-corrected chi connectivity index (χ0v) is 14.3. The third-order valence-electron chi connectivity index (χ3n) is 3.43. The van der Waals surface area contributed by atoms with E-state index >= 15 is 0 Å². The van der Waals surface area contributed by atoms with E-state index in [0.29, 0.717) is 34.6 Å². The van der Waals surface area contributed by atoms with E-state index < -0.39 is 11.9 Å².